The monoisotopic (exact) mass is 358 g/mol. The molecule has 1 aromatic heterocycles. The predicted molar refractivity (Wildman–Crippen MR) is 98.2 cm³/mol. The zero-order chi connectivity index (χ0) is 18.8. The number of hydrogen-bond donors (Lipinski definition) is 3. The number of rotatable bonds is 10. The number of hydrogen-bond acceptors (Lipinski definition) is 5. The van der Waals surface area contributed by atoms with Crippen molar-refractivity contribution < 1.29 is 24.5 Å². The molecule has 0 aliphatic rings. The highest BCUT2D eigenvalue weighted by Gasteiger charge is 2.10. The summed E-state index contributed by atoms with van der Waals surface area (Å²) < 4.78 is 10.8. The van der Waals surface area contributed by atoms with Crippen LogP contribution in [0.5, 0.6) is 0 Å². The highest BCUT2D eigenvalue weighted by Crippen LogP contribution is 2.20. The Kier molecular flexibility index (Phi) is 8.35. The minimum absolute atomic E-state index is 0.189. The zero-order valence-corrected chi connectivity index (χ0v) is 15.0. The van der Waals surface area contributed by atoms with E-state index in [1.165, 1.54) is 0 Å². The lowest BCUT2D eigenvalue weighted by Gasteiger charge is -2.10. The number of benzene rings is 1. The van der Waals surface area contributed by atoms with Crippen LogP contribution >= 0.6 is 0 Å². The molecular weight excluding hydrogens is 332 g/mol. The van der Waals surface area contributed by atoms with Gasteiger partial charge in [0.2, 0.25) is 0 Å². The van der Waals surface area contributed by atoms with Gasteiger partial charge in [0, 0.05) is 12.8 Å². The summed E-state index contributed by atoms with van der Waals surface area (Å²) in [5.74, 6) is 0.840. The number of furan rings is 1. The van der Waals surface area contributed by atoms with E-state index < -0.39 is 12.2 Å². The molecule has 0 amide bonds. The van der Waals surface area contributed by atoms with Crippen LogP contribution in [0.25, 0.3) is 0 Å². The van der Waals surface area contributed by atoms with Crippen LogP contribution in [0.15, 0.2) is 64.3 Å². The molecule has 0 spiro atoms. The van der Waals surface area contributed by atoms with Crippen molar-refractivity contribution in [2.45, 2.75) is 45.2 Å². The minimum Gasteiger partial charge on any atom is -0.461 e. The summed E-state index contributed by atoms with van der Waals surface area (Å²) in [7, 11) is 0. The molecule has 3 N–H and O–H groups in total. The quantitative estimate of drug-likeness (QED) is 0.568. The van der Waals surface area contributed by atoms with Crippen LogP contribution < -0.4 is 0 Å². The van der Waals surface area contributed by atoms with Gasteiger partial charge < -0.3 is 24.5 Å². The van der Waals surface area contributed by atoms with E-state index in [2.05, 4.69) is 5.73 Å². The molecule has 0 bridgehead atoms. The van der Waals surface area contributed by atoms with E-state index in [-0.39, 0.29) is 13.2 Å². The van der Waals surface area contributed by atoms with E-state index in [1.807, 2.05) is 37.3 Å². The molecule has 0 radical (unpaired) electrons. The molecule has 0 aliphatic heterocycles. The lowest BCUT2D eigenvalue weighted by molar-refractivity contribution is 0.0289. The fourth-order valence-electron chi connectivity index (χ4n) is 2.48. The summed E-state index contributed by atoms with van der Waals surface area (Å²) in [6.45, 7) is 2.42. The van der Waals surface area contributed by atoms with Crippen LogP contribution in [0.1, 0.15) is 43.0 Å². The lowest BCUT2D eigenvalue weighted by atomic mass is 10.1. The van der Waals surface area contributed by atoms with Crippen LogP contribution in [-0.4, -0.2) is 28.0 Å². The second-order valence-corrected chi connectivity index (χ2v) is 6.20. The first-order chi connectivity index (χ1) is 12.6. The maximum absolute atomic E-state index is 10.0. The highest BCUT2D eigenvalue weighted by molar-refractivity contribution is 5.13. The van der Waals surface area contributed by atoms with Gasteiger partial charge >= 0.3 is 0 Å². The molecule has 2 atom stereocenters. The van der Waals surface area contributed by atoms with Gasteiger partial charge in [0.15, 0.2) is 0 Å². The van der Waals surface area contributed by atoms with Crippen molar-refractivity contribution in [2.24, 2.45) is 0 Å². The van der Waals surface area contributed by atoms with Crippen LogP contribution in [0.4, 0.5) is 0 Å². The van der Waals surface area contributed by atoms with Crippen molar-refractivity contribution in [1.29, 1.82) is 0 Å². The highest BCUT2D eigenvalue weighted by atomic mass is 16.5. The Morgan fingerprint density at radius 3 is 2.65 bits per heavy atom. The van der Waals surface area contributed by atoms with Crippen molar-refractivity contribution in [3.05, 3.63) is 76.9 Å². The number of aliphatic hydroxyl groups excluding tert-OH is 3. The Morgan fingerprint density at radius 1 is 1.19 bits per heavy atom. The van der Waals surface area contributed by atoms with Crippen molar-refractivity contribution in [3.63, 3.8) is 0 Å². The normalized spacial score (nSPS) is 13.1. The maximum atomic E-state index is 10.0. The van der Waals surface area contributed by atoms with Crippen molar-refractivity contribution >= 4 is 0 Å². The first-order valence-electron chi connectivity index (χ1n) is 8.66. The molecule has 1 heterocycles. The zero-order valence-electron chi connectivity index (χ0n) is 15.0. The Labute approximate surface area is 153 Å². The summed E-state index contributed by atoms with van der Waals surface area (Å²) in [5.41, 5.74) is 5.02. The van der Waals surface area contributed by atoms with Gasteiger partial charge in [-0.2, -0.15) is 0 Å². The van der Waals surface area contributed by atoms with Gasteiger partial charge in [0.05, 0.1) is 19.3 Å². The second kappa shape index (κ2) is 10.8. The smallest absolute Gasteiger partial charge is 0.133 e. The fraction of sp³-hybridized carbons (Fsp3) is 0.381. The first-order valence-corrected chi connectivity index (χ1v) is 8.66. The molecule has 2 aromatic rings. The van der Waals surface area contributed by atoms with Crippen LogP contribution in [0.2, 0.25) is 0 Å². The number of aliphatic hydroxyl groups is 3. The second-order valence-electron chi connectivity index (χ2n) is 6.20. The summed E-state index contributed by atoms with van der Waals surface area (Å²) >= 11 is 0. The Hall–Kier alpha value is -2.14. The van der Waals surface area contributed by atoms with Crippen LogP contribution in [0, 0.1) is 0 Å². The maximum Gasteiger partial charge on any atom is 0.133 e. The van der Waals surface area contributed by atoms with E-state index in [4.69, 9.17) is 14.3 Å². The molecule has 2 rings (SSSR count). The molecule has 26 heavy (non-hydrogen) atoms. The van der Waals surface area contributed by atoms with Gasteiger partial charge in [-0.05, 0) is 36.3 Å². The summed E-state index contributed by atoms with van der Waals surface area (Å²) in [4.78, 5) is 0. The molecule has 5 nitrogen and oxygen atoms in total. The summed E-state index contributed by atoms with van der Waals surface area (Å²) in [5, 5.41) is 29.0. The van der Waals surface area contributed by atoms with Gasteiger partial charge in [-0.15, -0.1) is 5.73 Å². The Bertz CT molecular complexity index is 713. The third-order valence-electron chi connectivity index (χ3n) is 3.82. The number of ether oxygens (including phenoxy) is 1. The molecule has 0 saturated heterocycles. The fourth-order valence-corrected chi connectivity index (χ4v) is 2.48. The van der Waals surface area contributed by atoms with Crippen LogP contribution in [0.3, 0.4) is 0 Å². The van der Waals surface area contributed by atoms with E-state index in [0.717, 1.165) is 11.1 Å². The molecular formula is C21H26O5. The molecule has 140 valence electrons. The van der Waals surface area contributed by atoms with Crippen molar-refractivity contribution in [2.75, 3.05) is 6.61 Å². The SMILES string of the molecule is CC(=C=CC[C@@H](O)c1ccc(CO)o1)C[C@@H](O)COCc1ccccc1. The van der Waals surface area contributed by atoms with Gasteiger partial charge in [-0.3, -0.25) is 0 Å². The molecule has 0 fully saturated rings. The third kappa shape index (κ3) is 7.00. The Morgan fingerprint density at radius 2 is 1.96 bits per heavy atom. The third-order valence-corrected chi connectivity index (χ3v) is 3.82. The molecule has 0 unspecified atom stereocenters. The minimum atomic E-state index is -0.783. The van der Waals surface area contributed by atoms with Gasteiger partial charge in [0.25, 0.3) is 0 Å². The van der Waals surface area contributed by atoms with Crippen molar-refractivity contribution in [1.82, 2.24) is 0 Å². The van der Waals surface area contributed by atoms with E-state index in [9.17, 15) is 10.2 Å². The average Bonchev–Trinajstić information content (AvgIpc) is 3.12. The standard InChI is InChI=1S/C21H26O5/c1-16(6-5-9-20(24)21-11-10-19(13-22)26-21)12-18(23)15-25-14-17-7-3-2-4-8-17/h2-5,7-8,10-11,18,20,22-24H,9,12-15H2,1H3/t6?,18-,20-/m1/s1. The summed E-state index contributed by atoms with van der Waals surface area (Å²) in [6.07, 6.45) is 1.14. The predicted octanol–water partition coefficient (Wildman–Crippen LogP) is 3.26. The molecule has 1 aromatic carbocycles. The summed E-state index contributed by atoms with van der Waals surface area (Å²) in [6, 6.07) is 13.1. The van der Waals surface area contributed by atoms with Gasteiger partial charge in [-0.1, -0.05) is 30.3 Å². The average molecular weight is 358 g/mol. The molecule has 5 heteroatoms. The largest absolute Gasteiger partial charge is 0.461 e. The topological polar surface area (TPSA) is 83.1 Å². The Balaban J connectivity index is 1.72. The van der Waals surface area contributed by atoms with Crippen LogP contribution in [-0.2, 0) is 18.0 Å². The van der Waals surface area contributed by atoms with E-state index in [1.54, 1.807) is 18.2 Å². The lowest BCUT2D eigenvalue weighted by Crippen LogP contribution is -2.15. The first kappa shape index (κ1) is 20.2. The van der Waals surface area contributed by atoms with Crippen molar-refractivity contribution in [3.8, 4) is 0 Å². The van der Waals surface area contributed by atoms with Gasteiger partial charge in [-0.25, -0.2) is 0 Å². The van der Waals surface area contributed by atoms with E-state index >= 15 is 0 Å². The molecule has 0 aliphatic carbocycles. The molecule has 0 saturated carbocycles. The van der Waals surface area contributed by atoms with E-state index in [0.29, 0.717) is 31.0 Å². The van der Waals surface area contributed by atoms with Gasteiger partial charge in [0.1, 0.15) is 24.2 Å².